The molecule has 0 spiro atoms. The minimum atomic E-state index is -0.869. The maximum Gasteiger partial charge on any atom is 0.130 e. The number of aliphatic hydroxyl groups excluding tert-OH is 2. The minimum absolute atomic E-state index is 0.0960. The van der Waals surface area contributed by atoms with Crippen LogP contribution in [0.15, 0.2) is 60.7 Å². The molecule has 6 N–H and O–H groups in total. The third-order valence-corrected chi connectivity index (χ3v) is 6.33. The molecule has 220 valence electrons. The Bertz CT molecular complexity index is 1270. The molecule has 2 atom stereocenters. The van der Waals surface area contributed by atoms with Gasteiger partial charge in [0.25, 0.3) is 0 Å². The molecule has 0 fully saturated rings. The Kier molecular flexibility index (Phi) is 12.0. The predicted molar refractivity (Wildman–Crippen MR) is 156 cm³/mol. The maximum absolute atomic E-state index is 10.4. The van der Waals surface area contributed by atoms with Crippen molar-refractivity contribution in [3.8, 4) is 0 Å². The molecular weight excluding hydrogens is 528 g/mol. The van der Waals surface area contributed by atoms with E-state index in [0.717, 1.165) is 21.8 Å². The first-order chi connectivity index (χ1) is 20.0. The molecule has 4 rings (SSSR count). The average Bonchev–Trinajstić information content (AvgIpc) is 2.98. The van der Waals surface area contributed by atoms with E-state index >= 15 is 0 Å². The van der Waals surface area contributed by atoms with Gasteiger partial charge in [-0.1, -0.05) is 36.4 Å². The number of nitrogens with two attached hydrogens (primary N) is 2. The first-order valence-corrected chi connectivity index (χ1v) is 13.6. The Labute approximate surface area is 239 Å². The van der Waals surface area contributed by atoms with Gasteiger partial charge in [-0.25, -0.2) is 9.97 Å². The number of anilines is 2. The smallest absolute Gasteiger partial charge is 0.130 e. The summed E-state index contributed by atoms with van der Waals surface area (Å²) in [5.74, 6) is 0.590. The molecule has 0 aliphatic heterocycles. The normalized spacial score (nSPS) is 13.1. The monoisotopic (exact) mass is 566 g/mol. The highest BCUT2D eigenvalue weighted by Gasteiger charge is 2.15. The lowest BCUT2D eigenvalue weighted by atomic mass is 10.1. The Morgan fingerprint density at radius 3 is 1.27 bits per heavy atom. The average molecular weight is 567 g/mol. The first kappa shape index (κ1) is 30.5. The lowest BCUT2D eigenvalue weighted by Crippen LogP contribution is -2.16. The molecule has 0 amide bonds. The van der Waals surface area contributed by atoms with Crippen molar-refractivity contribution in [1.82, 2.24) is 9.97 Å². The zero-order valence-corrected chi connectivity index (χ0v) is 23.0. The van der Waals surface area contributed by atoms with Crippen molar-refractivity contribution in [3.05, 3.63) is 71.8 Å². The number of nitrogens with zero attached hydrogens (tertiary/aromatic N) is 2. The van der Waals surface area contributed by atoms with Crippen molar-refractivity contribution >= 4 is 33.4 Å². The molecule has 11 nitrogen and oxygen atoms in total. The number of para-hydroxylation sites is 2. The van der Waals surface area contributed by atoms with E-state index < -0.39 is 12.2 Å². The lowest BCUT2D eigenvalue weighted by molar-refractivity contribution is -0.0264. The summed E-state index contributed by atoms with van der Waals surface area (Å²) in [6, 6.07) is 18.9. The molecule has 2 unspecified atom stereocenters. The van der Waals surface area contributed by atoms with Gasteiger partial charge >= 0.3 is 0 Å². The van der Waals surface area contributed by atoms with Crippen LogP contribution in [0.25, 0.3) is 21.8 Å². The molecule has 2 heterocycles. The number of hydrogen-bond acceptors (Lipinski definition) is 11. The van der Waals surface area contributed by atoms with Gasteiger partial charge in [0.05, 0.1) is 77.1 Å². The van der Waals surface area contributed by atoms with Crippen molar-refractivity contribution < 1.29 is 33.9 Å². The minimum Gasteiger partial charge on any atom is -0.386 e. The van der Waals surface area contributed by atoms with E-state index in [2.05, 4.69) is 9.97 Å². The fourth-order valence-electron chi connectivity index (χ4n) is 4.18. The second-order valence-corrected chi connectivity index (χ2v) is 9.33. The molecule has 0 aliphatic carbocycles. The summed E-state index contributed by atoms with van der Waals surface area (Å²) in [6.07, 6.45) is -1.74. The Hall–Kier alpha value is -3.42. The van der Waals surface area contributed by atoms with Crippen LogP contribution in [0.2, 0.25) is 0 Å². The summed E-state index contributed by atoms with van der Waals surface area (Å²) in [4.78, 5) is 8.67. The van der Waals surface area contributed by atoms with E-state index in [1.807, 2.05) is 60.7 Å². The van der Waals surface area contributed by atoms with Crippen LogP contribution in [-0.4, -0.2) is 86.2 Å². The van der Waals surface area contributed by atoms with Gasteiger partial charge in [0, 0.05) is 21.9 Å². The van der Waals surface area contributed by atoms with Crippen LogP contribution >= 0.6 is 0 Å². The summed E-state index contributed by atoms with van der Waals surface area (Å²) in [5.41, 5.74) is 14.7. The van der Waals surface area contributed by atoms with Gasteiger partial charge in [0.1, 0.15) is 23.8 Å². The van der Waals surface area contributed by atoms with Crippen molar-refractivity contribution in [1.29, 1.82) is 0 Å². The number of pyridine rings is 2. The summed E-state index contributed by atoms with van der Waals surface area (Å²) in [6.45, 7) is 3.30. The van der Waals surface area contributed by atoms with Crippen molar-refractivity contribution in [2.75, 3.05) is 77.5 Å². The quantitative estimate of drug-likeness (QED) is 0.131. The van der Waals surface area contributed by atoms with Gasteiger partial charge in [-0.05, 0) is 24.3 Å². The number of ether oxygens (including phenoxy) is 5. The molecule has 0 aliphatic rings. The molecule has 0 radical (unpaired) electrons. The number of aromatic nitrogens is 2. The van der Waals surface area contributed by atoms with Crippen LogP contribution in [0.1, 0.15) is 23.3 Å². The number of hydrogen-bond donors (Lipinski definition) is 4. The van der Waals surface area contributed by atoms with Gasteiger partial charge in [-0.15, -0.1) is 0 Å². The van der Waals surface area contributed by atoms with E-state index in [1.54, 1.807) is 0 Å². The standard InChI is InChI=1S/C30H38N4O7/c31-29-23(17-21-5-1-3-7-25(21)33-29)27(35)19-40-15-13-38-11-9-37-10-12-39-14-16-41-20-28(36)24-18-22-6-2-4-8-26(22)34-30(24)32/h1-8,17-18,27-28,35-36H,9-16,19-20H2,(H2,31,33)(H2,32,34). The Morgan fingerprint density at radius 2 is 0.878 bits per heavy atom. The molecule has 2 aromatic carbocycles. The van der Waals surface area contributed by atoms with Crippen LogP contribution < -0.4 is 11.5 Å². The predicted octanol–water partition coefficient (Wildman–Crippen LogP) is 2.80. The number of rotatable bonds is 18. The molecule has 0 saturated carbocycles. The number of nitrogen functional groups attached to an aromatic ring is 2. The topological polar surface area (TPSA) is 164 Å². The van der Waals surface area contributed by atoms with Gasteiger partial charge in [0.15, 0.2) is 0 Å². The van der Waals surface area contributed by atoms with Gasteiger partial charge < -0.3 is 45.4 Å². The Balaban J connectivity index is 0.961. The SMILES string of the molecule is Nc1nc2ccccc2cc1C(O)COCCOCCOCCOCCOCC(O)c1cc2ccccc2nc1N. The third kappa shape index (κ3) is 9.30. The summed E-state index contributed by atoms with van der Waals surface area (Å²) in [5, 5.41) is 22.7. The molecule has 4 aromatic rings. The maximum atomic E-state index is 10.4. The van der Waals surface area contributed by atoms with Crippen LogP contribution in [0, 0.1) is 0 Å². The third-order valence-electron chi connectivity index (χ3n) is 6.33. The van der Waals surface area contributed by atoms with E-state index in [1.165, 1.54) is 0 Å². The fourth-order valence-corrected chi connectivity index (χ4v) is 4.18. The molecule has 2 aromatic heterocycles. The van der Waals surface area contributed by atoms with Crippen molar-refractivity contribution in [3.63, 3.8) is 0 Å². The first-order valence-electron chi connectivity index (χ1n) is 13.6. The van der Waals surface area contributed by atoms with Crippen LogP contribution in [0.4, 0.5) is 11.6 Å². The van der Waals surface area contributed by atoms with E-state index in [4.69, 9.17) is 35.2 Å². The number of fused-ring (bicyclic) bond motifs is 2. The number of benzene rings is 2. The molecule has 0 saturated heterocycles. The Morgan fingerprint density at radius 1 is 0.537 bits per heavy atom. The second-order valence-electron chi connectivity index (χ2n) is 9.33. The van der Waals surface area contributed by atoms with Crippen LogP contribution in [0.3, 0.4) is 0 Å². The highest BCUT2D eigenvalue weighted by atomic mass is 16.6. The van der Waals surface area contributed by atoms with Gasteiger partial charge in [-0.2, -0.15) is 0 Å². The zero-order valence-electron chi connectivity index (χ0n) is 23.0. The van der Waals surface area contributed by atoms with Crippen molar-refractivity contribution in [2.24, 2.45) is 0 Å². The lowest BCUT2D eigenvalue weighted by Gasteiger charge is -2.14. The molecule has 11 heteroatoms. The van der Waals surface area contributed by atoms with Crippen molar-refractivity contribution in [2.45, 2.75) is 12.2 Å². The second kappa shape index (κ2) is 16.1. The summed E-state index contributed by atoms with van der Waals surface area (Å²) in [7, 11) is 0. The highest BCUT2D eigenvalue weighted by molar-refractivity contribution is 5.82. The molecule has 0 bridgehead atoms. The van der Waals surface area contributed by atoms with Crippen LogP contribution in [-0.2, 0) is 23.7 Å². The zero-order chi connectivity index (χ0) is 28.9. The largest absolute Gasteiger partial charge is 0.386 e. The van der Waals surface area contributed by atoms with Crippen LogP contribution in [0.5, 0.6) is 0 Å². The van der Waals surface area contributed by atoms with Gasteiger partial charge in [-0.3, -0.25) is 0 Å². The number of aliphatic hydroxyl groups is 2. The van der Waals surface area contributed by atoms with Gasteiger partial charge in [0.2, 0.25) is 0 Å². The summed E-state index contributed by atoms with van der Waals surface area (Å²) >= 11 is 0. The summed E-state index contributed by atoms with van der Waals surface area (Å²) < 4.78 is 27.5. The van der Waals surface area contributed by atoms with E-state index in [9.17, 15) is 10.2 Å². The van der Waals surface area contributed by atoms with E-state index in [0.29, 0.717) is 75.6 Å². The molecular formula is C30H38N4O7. The van der Waals surface area contributed by atoms with E-state index in [-0.39, 0.29) is 13.2 Å². The molecule has 41 heavy (non-hydrogen) atoms. The highest BCUT2D eigenvalue weighted by Crippen LogP contribution is 2.25. The fraction of sp³-hybridized carbons (Fsp3) is 0.400.